The minimum absolute atomic E-state index is 0.148. The van der Waals surface area contributed by atoms with Crippen molar-refractivity contribution in [2.45, 2.75) is 43.2 Å². The van der Waals surface area contributed by atoms with Crippen LogP contribution in [0.5, 0.6) is 0 Å². The molecule has 2 aromatic carbocycles. The van der Waals surface area contributed by atoms with Crippen LogP contribution in [0.15, 0.2) is 48.5 Å². The highest BCUT2D eigenvalue weighted by Gasteiger charge is 2.37. The zero-order valence-corrected chi connectivity index (χ0v) is 17.2. The Morgan fingerprint density at radius 1 is 1.18 bits per heavy atom. The summed E-state index contributed by atoms with van der Waals surface area (Å²) in [7, 11) is 3.87. The quantitative estimate of drug-likeness (QED) is 0.736. The standard InChI is InChI=1S/C23H27ClFN3/c1-28(2)21(22-19(24)9-6-10-20(22)25)15-27-18-11-13-23(16-26,14-12-18)17-7-4-3-5-8-17/h3-10,18,21,27H,11-15H2,1-2H3. The number of nitriles is 1. The van der Waals surface area contributed by atoms with Crippen molar-refractivity contribution in [2.24, 2.45) is 0 Å². The first kappa shape index (κ1) is 20.8. The molecule has 1 saturated carbocycles. The number of hydrogen-bond acceptors (Lipinski definition) is 3. The Hall–Kier alpha value is -1.93. The molecular weight excluding hydrogens is 373 g/mol. The summed E-state index contributed by atoms with van der Waals surface area (Å²) in [6.07, 6.45) is 3.51. The Labute approximate surface area is 172 Å². The number of hydrogen-bond donors (Lipinski definition) is 1. The van der Waals surface area contributed by atoms with Crippen LogP contribution in [0.4, 0.5) is 4.39 Å². The third kappa shape index (κ3) is 4.38. The lowest BCUT2D eigenvalue weighted by Crippen LogP contribution is -2.42. The second-order valence-electron chi connectivity index (χ2n) is 7.86. The molecule has 1 aliphatic rings. The second-order valence-corrected chi connectivity index (χ2v) is 8.26. The number of nitrogens with zero attached hydrogens (tertiary/aromatic N) is 2. The first-order chi connectivity index (χ1) is 13.5. The number of halogens is 2. The smallest absolute Gasteiger partial charge is 0.129 e. The van der Waals surface area contributed by atoms with E-state index in [-0.39, 0.29) is 11.9 Å². The van der Waals surface area contributed by atoms with E-state index in [9.17, 15) is 9.65 Å². The third-order valence-corrected chi connectivity index (χ3v) is 6.27. The molecule has 0 amide bonds. The van der Waals surface area contributed by atoms with Crippen LogP contribution in [-0.2, 0) is 5.41 Å². The second kappa shape index (κ2) is 9.05. The SMILES string of the molecule is CN(C)C(CNC1CCC(C#N)(c2ccccc2)CC1)c1c(F)cccc1Cl. The van der Waals surface area contributed by atoms with Crippen LogP contribution in [0.1, 0.15) is 42.9 Å². The molecule has 1 N–H and O–H groups in total. The molecule has 5 heteroatoms. The normalized spacial score (nSPS) is 23.4. The summed E-state index contributed by atoms with van der Waals surface area (Å²) in [5.74, 6) is -0.274. The molecule has 2 aromatic rings. The van der Waals surface area contributed by atoms with E-state index < -0.39 is 5.41 Å². The summed E-state index contributed by atoms with van der Waals surface area (Å²) >= 11 is 6.28. The lowest BCUT2D eigenvalue weighted by molar-refractivity contribution is 0.244. The van der Waals surface area contributed by atoms with E-state index in [1.807, 2.05) is 37.2 Å². The van der Waals surface area contributed by atoms with Crippen molar-refractivity contribution in [3.63, 3.8) is 0 Å². The summed E-state index contributed by atoms with van der Waals surface area (Å²) in [5, 5.41) is 13.9. The Morgan fingerprint density at radius 3 is 2.43 bits per heavy atom. The van der Waals surface area contributed by atoms with E-state index in [1.165, 1.54) is 6.07 Å². The molecule has 1 aliphatic carbocycles. The van der Waals surface area contributed by atoms with Gasteiger partial charge in [-0.05, 0) is 57.5 Å². The molecule has 148 valence electrons. The fraction of sp³-hybridized carbons (Fsp3) is 0.435. The van der Waals surface area contributed by atoms with Crippen molar-refractivity contribution >= 4 is 11.6 Å². The van der Waals surface area contributed by atoms with Gasteiger partial charge in [-0.3, -0.25) is 0 Å². The van der Waals surface area contributed by atoms with E-state index in [4.69, 9.17) is 11.6 Å². The predicted octanol–water partition coefficient (Wildman–Crippen LogP) is 5.08. The van der Waals surface area contributed by atoms with Gasteiger partial charge in [-0.25, -0.2) is 4.39 Å². The van der Waals surface area contributed by atoms with Crippen LogP contribution in [-0.4, -0.2) is 31.6 Å². The molecule has 3 nitrogen and oxygen atoms in total. The average Bonchev–Trinajstić information content (AvgIpc) is 2.71. The lowest BCUT2D eigenvalue weighted by atomic mass is 9.69. The van der Waals surface area contributed by atoms with Gasteiger partial charge in [0.15, 0.2) is 0 Å². The molecule has 0 saturated heterocycles. The average molecular weight is 400 g/mol. The molecule has 1 atom stereocenters. The van der Waals surface area contributed by atoms with Gasteiger partial charge in [0.05, 0.1) is 17.5 Å². The molecule has 0 bridgehead atoms. The molecule has 0 heterocycles. The Balaban J connectivity index is 1.65. The molecule has 0 aliphatic heterocycles. The zero-order chi connectivity index (χ0) is 20.1. The van der Waals surface area contributed by atoms with E-state index in [2.05, 4.69) is 23.5 Å². The zero-order valence-electron chi connectivity index (χ0n) is 16.5. The van der Waals surface area contributed by atoms with Crippen molar-refractivity contribution in [3.05, 3.63) is 70.5 Å². The van der Waals surface area contributed by atoms with Gasteiger partial charge in [-0.2, -0.15) is 5.26 Å². The van der Waals surface area contributed by atoms with Gasteiger partial charge in [-0.15, -0.1) is 0 Å². The highest BCUT2D eigenvalue weighted by molar-refractivity contribution is 6.31. The van der Waals surface area contributed by atoms with Crippen LogP contribution in [0.25, 0.3) is 0 Å². The highest BCUT2D eigenvalue weighted by atomic mass is 35.5. The van der Waals surface area contributed by atoms with E-state index in [0.717, 1.165) is 31.2 Å². The van der Waals surface area contributed by atoms with Crippen molar-refractivity contribution in [1.29, 1.82) is 5.26 Å². The van der Waals surface area contributed by atoms with Crippen molar-refractivity contribution in [3.8, 4) is 6.07 Å². The fourth-order valence-corrected chi connectivity index (χ4v) is 4.48. The molecule has 3 rings (SSSR count). The minimum atomic E-state index is -0.394. The van der Waals surface area contributed by atoms with Crippen molar-refractivity contribution < 1.29 is 4.39 Å². The summed E-state index contributed by atoms with van der Waals surface area (Å²) in [4.78, 5) is 1.99. The molecular formula is C23H27ClFN3. The Kier molecular flexibility index (Phi) is 6.72. The van der Waals surface area contributed by atoms with E-state index in [1.54, 1.807) is 12.1 Å². The fourth-order valence-electron chi connectivity index (χ4n) is 4.19. The molecule has 28 heavy (non-hydrogen) atoms. The molecule has 1 unspecified atom stereocenters. The topological polar surface area (TPSA) is 39.1 Å². The maximum absolute atomic E-state index is 14.4. The number of rotatable bonds is 6. The summed E-state index contributed by atoms with van der Waals surface area (Å²) < 4.78 is 14.4. The van der Waals surface area contributed by atoms with Crippen LogP contribution in [0, 0.1) is 17.1 Å². The highest BCUT2D eigenvalue weighted by Crippen LogP contribution is 2.39. The Morgan fingerprint density at radius 2 is 1.86 bits per heavy atom. The van der Waals surface area contributed by atoms with Crippen LogP contribution < -0.4 is 5.32 Å². The van der Waals surface area contributed by atoms with Gasteiger partial charge in [0, 0.05) is 23.2 Å². The maximum Gasteiger partial charge on any atom is 0.129 e. The summed E-state index contributed by atoms with van der Waals surface area (Å²) in [6, 6.07) is 17.7. The molecule has 0 spiro atoms. The monoisotopic (exact) mass is 399 g/mol. The van der Waals surface area contributed by atoms with Gasteiger partial charge < -0.3 is 10.2 Å². The van der Waals surface area contributed by atoms with E-state index in [0.29, 0.717) is 23.2 Å². The first-order valence-electron chi connectivity index (χ1n) is 9.77. The molecule has 0 radical (unpaired) electrons. The summed E-state index contributed by atoms with van der Waals surface area (Å²) in [6.45, 7) is 0.614. The van der Waals surface area contributed by atoms with Gasteiger partial charge in [0.2, 0.25) is 0 Å². The largest absolute Gasteiger partial charge is 0.312 e. The maximum atomic E-state index is 14.4. The van der Waals surface area contributed by atoms with Crippen LogP contribution in [0.3, 0.4) is 0 Å². The predicted molar refractivity (Wildman–Crippen MR) is 112 cm³/mol. The first-order valence-corrected chi connectivity index (χ1v) is 10.1. The van der Waals surface area contributed by atoms with E-state index >= 15 is 0 Å². The van der Waals surface area contributed by atoms with Gasteiger partial charge in [-0.1, -0.05) is 48.0 Å². The molecule has 1 fully saturated rings. The lowest BCUT2D eigenvalue weighted by Gasteiger charge is -2.37. The minimum Gasteiger partial charge on any atom is -0.312 e. The van der Waals surface area contributed by atoms with Crippen LogP contribution in [0.2, 0.25) is 5.02 Å². The number of nitrogens with one attached hydrogen (secondary N) is 1. The van der Waals surface area contributed by atoms with Crippen molar-refractivity contribution in [2.75, 3.05) is 20.6 Å². The van der Waals surface area contributed by atoms with Crippen molar-refractivity contribution in [1.82, 2.24) is 10.2 Å². The Bertz CT molecular complexity index is 803. The summed E-state index contributed by atoms with van der Waals surface area (Å²) in [5.41, 5.74) is 1.25. The number of likely N-dealkylation sites (N-methyl/N-ethyl adjacent to an activating group) is 1. The third-order valence-electron chi connectivity index (χ3n) is 5.94. The van der Waals surface area contributed by atoms with Gasteiger partial charge in [0.25, 0.3) is 0 Å². The number of benzene rings is 2. The van der Waals surface area contributed by atoms with Gasteiger partial charge in [0.1, 0.15) is 5.82 Å². The molecule has 0 aromatic heterocycles. The van der Waals surface area contributed by atoms with Crippen LogP contribution >= 0.6 is 11.6 Å². The van der Waals surface area contributed by atoms with Gasteiger partial charge >= 0.3 is 0 Å².